The average Bonchev–Trinajstić information content (AvgIpc) is 3.11. The highest BCUT2D eigenvalue weighted by atomic mass is 35.5. The molecule has 0 saturated heterocycles. The smallest absolute Gasteiger partial charge is 0.0542 e. The highest BCUT2D eigenvalue weighted by Gasteiger charge is 2.19. The van der Waals surface area contributed by atoms with E-state index in [1.807, 2.05) is 18.2 Å². The maximum absolute atomic E-state index is 6.09. The van der Waals surface area contributed by atoms with Gasteiger partial charge in [0.1, 0.15) is 0 Å². The fourth-order valence-corrected chi connectivity index (χ4v) is 3.09. The Morgan fingerprint density at radius 3 is 2.82 bits per heavy atom. The van der Waals surface area contributed by atoms with Gasteiger partial charge in [-0.25, -0.2) is 0 Å². The van der Waals surface area contributed by atoms with E-state index in [9.17, 15) is 0 Å². The van der Waals surface area contributed by atoms with Crippen molar-refractivity contribution in [2.24, 2.45) is 0 Å². The van der Waals surface area contributed by atoms with Crippen LogP contribution in [0, 0.1) is 0 Å². The molecular formula is C13H17Cl2NS. The van der Waals surface area contributed by atoms with Crippen LogP contribution in [0.4, 0.5) is 0 Å². The predicted octanol–water partition coefficient (Wildman–Crippen LogP) is 4.62. The van der Waals surface area contributed by atoms with Crippen molar-refractivity contribution in [3.05, 3.63) is 28.2 Å². The number of unbranched alkanes of at least 4 members (excludes halogenated alkanes) is 1. The van der Waals surface area contributed by atoms with Gasteiger partial charge in [-0.2, -0.15) is 0 Å². The quantitative estimate of drug-likeness (QED) is 0.581. The summed E-state index contributed by atoms with van der Waals surface area (Å²) < 4.78 is 0. The van der Waals surface area contributed by atoms with E-state index < -0.39 is 0 Å². The first-order valence-corrected chi connectivity index (χ1v) is 7.81. The molecule has 2 rings (SSSR count). The van der Waals surface area contributed by atoms with Crippen LogP contribution in [0.5, 0.6) is 0 Å². The SMILES string of the molecule is Clc1ccc(Cl)c(SCCCCNC2CC2)c1. The van der Waals surface area contributed by atoms with Crippen LogP contribution in [-0.4, -0.2) is 18.3 Å². The van der Waals surface area contributed by atoms with Crippen molar-refractivity contribution in [3.8, 4) is 0 Å². The zero-order valence-electron chi connectivity index (χ0n) is 9.72. The van der Waals surface area contributed by atoms with Gasteiger partial charge in [0.05, 0.1) is 5.02 Å². The van der Waals surface area contributed by atoms with Gasteiger partial charge >= 0.3 is 0 Å². The van der Waals surface area contributed by atoms with Crippen LogP contribution in [0.3, 0.4) is 0 Å². The molecule has 4 heteroatoms. The van der Waals surface area contributed by atoms with E-state index in [1.165, 1.54) is 25.7 Å². The molecule has 0 aliphatic heterocycles. The fraction of sp³-hybridized carbons (Fsp3) is 0.538. The van der Waals surface area contributed by atoms with Crippen molar-refractivity contribution in [2.45, 2.75) is 36.6 Å². The van der Waals surface area contributed by atoms with E-state index in [0.717, 1.165) is 33.3 Å². The Hall–Kier alpha value is 0.110. The Kier molecular flexibility index (Phi) is 5.49. The van der Waals surface area contributed by atoms with Gasteiger partial charge < -0.3 is 5.32 Å². The van der Waals surface area contributed by atoms with E-state index in [-0.39, 0.29) is 0 Å². The van der Waals surface area contributed by atoms with E-state index in [0.29, 0.717) is 0 Å². The lowest BCUT2D eigenvalue weighted by molar-refractivity contribution is 0.640. The van der Waals surface area contributed by atoms with Crippen molar-refractivity contribution < 1.29 is 0 Å². The lowest BCUT2D eigenvalue weighted by Crippen LogP contribution is -2.17. The number of nitrogens with one attached hydrogen (secondary N) is 1. The molecule has 0 bridgehead atoms. The number of halogens is 2. The minimum Gasteiger partial charge on any atom is -0.314 e. The van der Waals surface area contributed by atoms with Gasteiger partial charge in [-0.05, 0) is 56.2 Å². The predicted molar refractivity (Wildman–Crippen MR) is 77.4 cm³/mol. The van der Waals surface area contributed by atoms with Crippen LogP contribution < -0.4 is 5.32 Å². The second-order valence-corrected chi connectivity index (χ2v) is 6.34. The van der Waals surface area contributed by atoms with Crippen LogP contribution in [0.25, 0.3) is 0 Å². The molecule has 17 heavy (non-hydrogen) atoms. The third kappa shape index (κ3) is 5.09. The van der Waals surface area contributed by atoms with Gasteiger partial charge in [0.15, 0.2) is 0 Å². The number of thioether (sulfide) groups is 1. The largest absolute Gasteiger partial charge is 0.314 e. The first kappa shape index (κ1) is 13.5. The maximum Gasteiger partial charge on any atom is 0.0542 e. The maximum atomic E-state index is 6.09. The third-order valence-electron chi connectivity index (χ3n) is 2.73. The van der Waals surface area contributed by atoms with Gasteiger partial charge in [-0.1, -0.05) is 23.2 Å². The first-order valence-electron chi connectivity index (χ1n) is 6.07. The van der Waals surface area contributed by atoms with Crippen molar-refractivity contribution in [2.75, 3.05) is 12.3 Å². The summed E-state index contributed by atoms with van der Waals surface area (Å²) >= 11 is 13.8. The average molecular weight is 290 g/mol. The zero-order valence-corrected chi connectivity index (χ0v) is 12.0. The van der Waals surface area contributed by atoms with Gasteiger partial charge in [-0.15, -0.1) is 11.8 Å². The molecule has 1 aliphatic rings. The summed E-state index contributed by atoms with van der Waals surface area (Å²) in [5.41, 5.74) is 0. The number of hydrogen-bond donors (Lipinski definition) is 1. The van der Waals surface area contributed by atoms with Crippen LogP contribution in [0.2, 0.25) is 10.0 Å². The molecule has 1 fully saturated rings. The first-order chi connectivity index (χ1) is 8.25. The van der Waals surface area contributed by atoms with Crippen molar-refractivity contribution in [1.82, 2.24) is 5.32 Å². The van der Waals surface area contributed by atoms with Gasteiger partial charge in [0, 0.05) is 16.0 Å². The molecule has 1 N–H and O–H groups in total. The molecule has 0 spiro atoms. The summed E-state index contributed by atoms with van der Waals surface area (Å²) in [7, 11) is 0. The second-order valence-electron chi connectivity index (χ2n) is 4.36. The van der Waals surface area contributed by atoms with Crippen LogP contribution >= 0.6 is 35.0 Å². The second kappa shape index (κ2) is 6.89. The zero-order chi connectivity index (χ0) is 12.1. The highest BCUT2D eigenvalue weighted by molar-refractivity contribution is 7.99. The summed E-state index contributed by atoms with van der Waals surface area (Å²) in [6, 6.07) is 6.45. The molecule has 0 aromatic heterocycles. The molecule has 1 aromatic rings. The lowest BCUT2D eigenvalue weighted by atomic mass is 10.3. The summed E-state index contributed by atoms with van der Waals surface area (Å²) in [5, 5.41) is 5.08. The summed E-state index contributed by atoms with van der Waals surface area (Å²) in [4.78, 5) is 1.09. The number of hydrogen-bond acceptors (Lipinski definition) is 2. The van der Waals surface area contributed by atoms with Crippen molar-refractivity contribution in [3.63, 3.8) is 0 Å². The van der Waals surface area contributed by atoms with E-state index in [4.69, 9.17) is 23.2 Å². The molecule has 94 valence electrons. The normalized spacial score (nSPS) is 15.2. The summed E-state index contributed by atoms with van der Waals surface area (Å²) in [6.07, 6.45) is 5.19. The Bertz CT molecular complexity index is 366. The molecule has 1 nitrogen and oxygen atoms in total. The third-order valence-corrected chi connectivity index (χ3v) is 4.55. The van der Waals surface area contributed by atoms with E-state index in [1.54, 1.807) is 11.8 Å². The minimum absolute atomic E-state index is 0.757. The summed E-state index contributed by atoms with van der Waals surface area (Å²) in [6.45, 7) is 1.15. The molecule has 0 amide bonds. The number of rotatable bonds is 7. The molecule has 0 atom stereocenters. The Labute approximate surface area is 117 Å². The van der Waals surface area contributed by atoms with Gasteiger partial charge in [0.25, 0.3) is 0 Å². The molecule has 0 radical (unpaired) electrons. The van der Waals surface area contributed by atoms with Crippen molar-refractivity contribution >= 4 is 35.0 Å². The standard InChI is InChI=1S/C13H17Cl2NS/c14-10-3-6-12(15)13(9-10)17-8-2-1-7-16-11-4-5-11/h3,6,9,11,16H,1-2,4-5,7-8H2. The molecular weight excluding hydrogens is 273 g/mol. The lowest BCUT2D eigenvalue weighted by Gasteiger charge is -2.05. The Morgan fingerprint density at radius 1 is 1.24 bits per heavy atom. The van der Waals surface area contributed by atoms with Crippen molar-refractivity contribution in [1.29, 1.82) is 0 Å². The minimum atomic E-state index is 0.757. The monoisotopic (exact) mass is 289 g/mol. The van der Waals surface area contributed by atoms with Gasteiger partial charge in [-0.3, -0.25) is 0 Å². The molecule has 1 aliphatic carbocycles. The summed E-state index contributed by atoms with van der Waals surface area (Å²) in [5.74, 6) is 1.10. The van der Waals surface area contributed by atoms with E-state index >= 15 is 0 Å². The molecule has 1 saturated carbocycles. The molecule has 0 heterocycles. The molecule has 0 unspecified atom stereocenters. The molecule has 1 aromatic carbocycles. The Balaban J connectivity index is 1.61. The van der Waals surface area contributed by atoms with Gasteiger partial charge in [0.2, 0.25) is 0 Å². The van der Waals surface area contributed by atoms with Crippen LogP contribution in [-0.2, 0) is 0 Å². The topological polar surface area (TPSA) is 12.0 Å². The fourth-order valence-electron chi connectivity index (χ4n) is 1.59. The van der Waals surface area contributed by atoms with E-state index in [2.05, 4.69) is 5.32 Å². The van der Waals surface area contributed by atoms with Crippen LogP contribution in [0.15, 0.2) is 23.1 Å². The number of benzene rings is 1. The highest BCUT2D eigenvalue weighted by Crippen LogP contribution is 2.30. The Morgan fingerprint density at radius 2 is 2.06 bits per heavy atom. The van der Waals surface area contributed by atoms with Crippen LogP contribution in [0.1, 0.15) is 25.7 Å².